The van der Waals surface area contributed by atoms with Crippen LogP contribution in [0.1, 0.15) is 52.0 Å². The van der Waals surface area contributed by atoms with E-state index in [1.54, 1.807) is 4.90 Å². The van der Waals surface area contributed by atoms with E-state index in [1.165, 1.54) is 12.1 Å². The summed E-state index contributed by atoms with van der Waals surface area (Å²) in [6.07, 6.45) is 1.67. The first kappa shape index (κ1) is 26.5. The lowest BCUT2D eigenvalue weighted by Crippen LogP contribution is -2.53. The first-order chi connectivity index (χ1) is 16.2. The maximum absolute atomic E-state index is 13.8. The molecule has 2 aliphatic heterocycles. The van der Waals surface area contributed by atoms with E-state index < -0.39 is 29.7 Å². The molecule has 0 saturated carbocycles. The van der Waals surface area contributed by atoms with E-state index in [0.29, 0.717) is 31.7 Å². The Kier molecular flexibility index (Phi) is 9.39. The highest BCUT2D eigenvalue weighted by Crippen LogP contribution is 2.23. The number of aliphatic hydroxyl groups excluding tert-OH is 1. The third-order valence-corrected chi connectivity index (χ3v) is 6.66. The van der Waals surface area contributed by atoms with Gasteiger partial charge in [-0.1, -0.05) is 13.3 Å². The molecule has 1 aromatic carbocycles. The molecule has 2 heterocycles. The Morgan fingerprint density at radius 2 is 2.00 bits per heavy atom. The summed E-state index contributed by atoms with van der Waals surface area (Å²) < 4.78 is 33.4. The highest BCUT2D eigenvalue weighted by atomic mass is 19.1. The fraction of sp³-hybridized carbons (Fsp3) is 0.680. The normalized spacial score (nSPS) is 24.6. The van der Waals surface area contributed by atoms with E-state index in [2.05, 4.69) is 17.6 Å². The Morgan fingerprint density at radius 1 is 1.29 bits per heavy atom. The minimum Gasteiger partial charge on any atom is -0.389 e. The van der Waals surface area contributed by atoms with E-state index in [1.807, 2.05) is 13.8 Å². The standard InChI is InChI=1S/C25H37F2N3O4/c1-4-5-6-34-20-12-21(28-13-20)24(32)22(9-16-7-18(26)11-19(27)8-16)29-25(33)17-10-23(31)30(14-17)15(2)3/h7-8,11,15,17,20-22,24,28,32H,4-6,9-10,12-14H2,1-3H3,(H,29,33)/t17?,20-,21-,22+,24-/m1/s1. The molecule has 7 nitrogen and oxygen atoms in total. The first-order valence-electron chi connectivity index (χ1n) is 12.3. The van der Waals surface area contributed by atoms with E-state index >= 15 is 0 Å². The third-order valence-electron chi connectivity index (χ3n) is 6.66. The van der Waals surface area contributed by atoms with Crippen LogP contribution in [0.3, 0.4) is 0 Å². The Morgan fingerprint density at radius 3 is 2.62 bits per heavy atom. The summed E-state index contributed by atoms with van der Waals surface area (Å²) in [6.45, 7) is 7.43. The van der Waals surface area contributed by atoms with Crippen molar-refractivity contribution in [2.45, 2.75) is 83.2 Å². The predicted molar refractivity (Wildman–Crippen MR) is 124 cm³/mol. The van der Waals surface area contributed by atoms with Crippen LogP contribution in [0.5, 0.6) is 0 Å². The summed E-state index contributed by atoms with van der Waals surface area (Å²) in [6, 6.07) is 2.06. The quantitative estimate of drug-likeness (QED) is 0.422. The summed E-state index contributed by atoms with van der Waals surface area (Å²) >= 11 is 0. The smallest absolute Gasteiger partial charge is 0.225 e. The SMILES string of the molecule is CCCCO[C@H]1CN[C@@H]([C@@H](O)[C@H](Cc2cc(F)cc(F)c2)NC(=O)C2CC(=O)N(C(C)C)C2)C1. The molecule has 3 rings (SSSR count). The number of ether oxygens (including phenoxy) is 1. The molecule has 2 saturated heterocycles. The number of nitrogens with one attached hydrogen (secondary N) is 2. The van der Waals surface area contributed by atoms with Gasteiger partial charge in [0.15, 0.2) is 0 Å². The largest absolute Gasteiger partial charge is 0.389 e. The van der Waals surface area contributed by atoms with Crippen molar-refractivity contribution in [3.63, 3.8) is 0 Å². The zero-order valence-corrected chi connectivity index (χ0v) is 20.2. The number of carbonyl (C=O) groups excluding carboxylic acids is 2. The van der Waals surface area contributed by atoms with Crippen molar-refractivity contribution in [1.82, 2.24) is 15.5 Å². The zero-order chi connectivity index (χ0) is 24.8. The molecule has 2 amide bonds. The molecule has 9 heteroatoms. The number of nitrogens with zero attached hydrogens (tertiary/aromatic N) is 1. The molecule has 190 valence electrons. The number of hydrogen-bond donors (Lipinski definition) is 3. The molecule has 2 aliphatic rings. The van der Waals surface area contributed by atoms with Gasteiger partial charge in [0.05, 0.1) is 24.2 Å². The van der Waals surface area contributed by atoms with Crippen molar-refractivity contribution in [1.29, 1.82) is 0 Å². The van der Waals surface area contributed by atoms with Crippen LogP contribution in [0.25, 0.3) is 0 Å². The molecule has 1 aromatic rings. The Labute approximate surface area is 200 Å². The van der Waals surface area contributed by atoms with Crippen LogP contribution in [-0.4, -0.2) is 71.9 Å². The van der Waals surface area contributed by atoms with Crippen molar-refractivity contribution >= 4 is 11.8 Å². The Hall–Kier alpha value is -2.10. The van der Waals surface area contributed by atoms with Gasteiger partial charge in [0.1, 0.15) is 11.6 Å². The van der Waals surface area contributed by atoms with Crippen molar-refractivity contribution < 1.29 is 28.2 Å². The Bertz CT molecular complexity index is 833. The van der Waals surface area contributed by atoms with Crippen molar-refractivity contribution in [3.05, 3.63) is 35.4 Å². The van der Waals surface area contributed by atoms with Crippen LogP contribution in [-0.2, 0) is 20.7 Å². The monoisotopic (exact) mass is 481 g/mol. The molecule has 0 spiro atoms. The molecular weight excluding hydrogens is 444 g/mol. The van der Waals surface area contributed by atoms with Gasteiger partial charge in [0, 0.05) is 44.3 Å². The minimum atomic E-state index is -1.01. The van der Waals surface area contributed by atoms with E-state index in [0.717, 1.165) is 18.9 Å². The molecule has 0 bridgehead atoms. The fourth-order valence-corrected chi connectivity index (χ4v) is 4.74. The highest BCUT2D eigenvalue weighted by molar-refractivity contribution is 5.89. The van der Waals surface area contributed by atoms with Crippen LogP contribution in [0.4, 0.5) is 8.78 Å². The summed E-state index contributed by atoms with van der Waals surface area (Å²) in [5, 5.41) is 17.3. The second kappa shape index (κ2) is 12.0. The summed E-state index contributed by atoms with van der Waals surface area (Å²) in [5.41, 5.74) is 0.335. The molecular formula is C25H37F2N3O4. The van der Waals surface area contributed by atoms with Crippen molar-refractivity contribution in [2.75, 3.05) is 19.7 Å². The first-order valence-corrected chi connectivity index (χ1v) is 12.3. The molecule has 0 radical (unpaired) electrons. The van der Waals surface area contributed by atoms with Gasteiger partial charge in [-0.3, -0.25) is 9.59 Å². The second-order valence-electron chi connectivity index (χ2n) is 9.73. The lowest BCUT2D eigenvalue weighted by atomic mass is 9.94. The van der Waals surface area contributed by atoms with E-state index in [4.69, 9.17) is 4.74 Å². The molecule has 0 aliphatic carbocycles. The number of halogens is 2. The number of amides is 2. The lowest BCUT2D eigenvalue weighted by Gasteiger charge is -2.30. The molecule has 34 heavy (non-hydrogen) atoms. The van der Waals surface area contributed by atoms with Crippen LogP contribution < -0.4 is 10.6 Å². The van der Waals surface area contributed by atoms with Gasteiger partial charge in [-0.2, -0.15) is 0 Å². The number of likely N-dealkylation sites (tertiary alicyclic amines) is 1. The number of rotatable bonds is 11. The van der Waals surface area contributed by atoms with Crippen molar-refractivity contribution in [2.24, 2.45) is 5.92 Å². The third kappa shape index (κ3) is 6.96. The zero-order valence-electron chi connectivity index (χ0n) is 20.2. The predicted octanol–water partition coefficient (Wildman–Crippen LogP) is 2.16. The van der Waals surface area contributed by atoms with Gasteiger partial charge in [-0.05, 0) is 50.8 Å². The van der Waals surface area contributed by atoms with E-state index in [-0.39, 0.29) is 42.8 Å². The summed E-state index contributed by atoms with van der Waals surface area (Å²) in [7, 11) is 0. The number of aliphatic hydroxyl groups is 1. The van der Waals surface area contributed by atoms with Crippen LogP contribution in [0.15, 0.2) is 18.2 Å². The average molecular weight is 482 g/mol. The molecule has 0 aromatic heterocycles. The number of benzene rings is 1. The highest BCUT2D eigenvalue weighted by Gasteiger charge is 2.39. The van der Waals surface area contributed by atoms with Gasteiger partial charge >= 0.3 is 0 Å². The topological polar surface area (TPSA) is 90.9 Å². The fourth-order valence-electron chi connectivity index (χ4n) is 4.74. The molecule has 1 unspecified atom stereocenters. The van der Waals surface area contributed by atoms with Gasteiger partial charge in [0.25, 0.3) is 0 Å². The van der Waals surface area contributed by atoms with Gasteiger partial charge in [-0.15, -0.1) is 0 Å². The minimum absolute atomic E-state index is 0.00529. The van der Waals surface area contributed by atoms with Crippen LogP contribution in [0.2, 0.25) is 0 Å². The number of hydrogen-bond acceptors (Lipinski definition) is 5. The summed E-state index contributed by atoms with van der Waals surface area (Å²) in [5.74, 6) is -2.38. The second-order valence-corrected chi connectivity index (χ2v) is 9.73. The molecule has 2 fully saturated rings. The van der Waals surface area contributed by atoms with E-state index in [9.17, 15) is 23.5 Å². The number of unbranched alkanes of at least 4 members (excludes halogenated alkanes) is 1. The van der Waals surface area contributed by atoms with Gasteiger partial charge in [-0.25, -0.2) is 8.78 Å². The number of carbonyl (C=O) groups is 2. The molecule has 5 atom stereocenters. The van der Waals surface area contributed by atoms with Crippen LogP contribution >= 0.6 is 0 Å². The van der Waals surface area contributed by atoms with Gasteiger partial charge in [0.2, 0.25) is 11.8 Å². The van der Waals surface area contributed by atoms with Crippen molar-refractivity contribution in [3.8, 4) is 0 Å². The maximum Gasteiger partial charge on any atom is 0.225 e. The summed E-state index contributed by atoms with van der Waals surface area (Å²) in [4.78, 5) is 27.0. The van der Waals surface area contributed by atoms with Gasteiger partial charge < -0.3 is 25.4 Å². The lowest BCUT2D eigenvalue weighted by molar-refractivity contribution is -0.130. The van der Waals surface area contributed by atoms with Crippen LogP contribution in [0, 0.1) is 17.6 Å². The molecule has 3 N–H and O–H groups in total. The Balaban J connectivity index is 1.70. The maximum atomic E-state index is 13.8. The average Bonchev–Trinajstić information content (AvgIpc) is 3.39.